The Labute approximate surface area is 169 Å². The molecule has 3 fully saturated rings. The van der Waals surface area contributed by atoms with Crippen molar-refractivity contribution in [3.8, 4) is 0 Å². The average Bonchev–Trinajstić information content (AvgIpc) is 3.05. The molecule has 0 spiro atoms. The first-order chi connectivity index (χ1) is 13.2. The van der Waals surface area contributed by atoms with E-state index in [1.54, 1.807) is 4.90 Å². The zero-order chi connectivity index (χ0) is 20.1. The van der Waals surface area contributed by atoms with Crippen LogP contribution in [-0.4, -0.2) is 65.9 Å². The van der Waals surface area contributed by atoms with Crippen LogP contribution in [0, 0.1) is 18.8 Å². The molecule has 0 aromatic carbocycles. The first-order valence-electron chi connectivity index (χ1n) is 9.69. The van der Waals surface area contributed by atoms with Gasteiger partial charge in [0.05, 0.1) is 23.5 Å². The van der Waals surface area contributed by atoms with Gasteiger partial charge in [-0.3, -0.25) is 9.59 Å². The Morgan fingerprint density at radius 3 is 2.79 bits per heavy atom. The van der Waals surface area contributed by atoms with E-state index in [-0.39, 0.29) is 29.7 Å². The minimum Gasteiger partial charge on any atom is -0.349 e. The fourth-order valence-corrected chi connectivity index (χ4v) is 6.53. The maximum atomic E-state index is 13.1. The highest BCUT2D eigenvalue weighted by molar-refractivity contribution is 7.88. The van der Waals surface area contributed by atoms with E-state index in [1.165, 1.54) is 21.9 Å². The molecular formula is C18H26N4O4S2. The van der Waals surface area contributed by atoms with Gasteiger partial charge >= 0.3 is 0 Å². The molecule has 10 heteroatoms. The summed E-state index contributed by atoms with van der Waals surface area (Å²) < 4.78 is 25.8. The van der Waals surface area contributed by atoms with E-state index in [0.29, 0.717) is 26.1 Å². The predicted octanol–water partition coefficient (Wildman–Crippen LogP) is 0.729. The molecular weight excluding hydrogens is 400 g/mol. The summed E-state index contributed by atoms with van der Waals surface area (Å²) in [5, 5.41) is 5.78. The fraction of sp³-hybridized carbons (Fsp3) is 0.722. The number of amides is 2. The van der Waals surface area contributed by atoms with Crippen molar-refractivity contribution in [2.45, 2.75) is 51.2 Å². The van der Waals surface area contributed by atoms with Gasteiger partial charge in [0.2, 0.25) is 21.8 Å². The van der Waals surface area contributed by atoms with E-state index in [2.05, 4.69) is 10.3 Å². The van der Waals surface area contributed by atoms with Crippen molar-refractivity contribution >= 4 is 33.2 Å². The van der Waals surface area contributed by atoms with E-state index in [9.17, 15) is 18.0 Å². The van der Waals surface area contributed by atoms with Crippen LogP contribution in [0.3, 0.4) is 0 Å². The minimum atomic E-state index is -3.33. The summed E-state index contributed by atoms with van der Waals surface area (Å²) in [4.78, 5) is 32.0. The lowest BCUT2D eigenvalue weighted by molar-refractivity contribution is -0.158. The summed E-state index contributed by atoms with van der Waals surface area (Å²) in [6.07, 6.45) is 4.09. The number of nitrogens with zero attached hydrogens (tertiary/aromatic N) is 3. The van der Waals surface area contributed by atoms with Gasteiger partial charge in [0.1, 0.15) is 6.04 Å². The number of carbonyl (C=O) groups is 2. The van der Waals surface area contributed by atoms with Gasteiger partial charge in [-0.1, -0.05) is 0 Å². The van der Waals surface area contributed by atoms with Crippen LogP contribution in [0.25, 0.3) is 0 Å². The molecule has 1 N–H and O–H groups in total. The van der Waals surface area contributed by atoms with Crippen LogP contribution in [0.4, 0.5) is 0 Å². The molecule has 2 bridgehead atoms. The van der Waals surface area contributed by atoms with E-state index < -0.39 is 16.1 Å². The van der Waals surface area contributed by atoms with Gasteiger partial charge in [-0.15, -0.1) is 11.3 Å². The van der Waals surface area contributed by atoms with Crippen LogP contribution in [0.5, 0.6) is 0 Å². The number of piperidine rings is 3. The van der Waals surface area contributed by atoms with Crippen molar-refractivity contribution in [1.82, 2.24) is 19.5 Å². The Bertz CT molecular complexity index is 884. The van der Waals surface area contributed by atoms with Crippen molar-refractivity contribution in [3.05, 3.63) is 16.1 Å². The van der Waals surface area contributed by atoms with Crippen LogP contribution in [0.1, 0.15) is 36.4 Å². The maximum Gasteiger partial charge on any atom is 0.243 e. The number of nitrogens with one attached hydrogen (secondary N) is 1. The quantitative estimate of drug-likeness (QED) is 0.765. The van der Waals surface area contributed by atoms with Crippen molar-refractivity contribution in [2.75, 3.05) is 19.3 Å². The van der Waals surface area contributed by atoms with E-state index in [0.717, 1.165) is 30.0 Å². The van der Waals surface area contributed by atoms with Crippen molar-refractivity contribution in [1.29, 1.82) is 0 Å². The Balaban J connectivity index is 1.58. The second kappa shape index (κ2) is 7.38. The SMILES string of the molecule is Cc1nc(CNC(=O)[C@H]2[C@H]3C[C@H](CN(S(C)(=O)=O)C3)[C@@H]3CCCC(=O)N32)cs1. The van der Waals surface area contributed by atoms with Gasteiger partial charge in [0, 0.05) is 36.9 Å². The van der Waals surface area contributed by atoms with Crippen LogP contribution >= 0.6 is 11.3 Å². The summed E-state index contributed by atoms with van der Waals surface area (Å²) in [7, 11) is -3.33. The predicted molar refractivity (Wildman–Crippen MR) is 105 cm³/mol. The third kappa shape index (κ3) is 3.69. The van der Waals surface area contributed by atoms with Gasteiger partial charge in [-0.2, -0.15) is 0 Å². The third-order valence-electron chi connectivity index (χ3n) is 6.16. The average molecular weight is 427 g/mol. The van der Waals surface area contributed by atoms with E-state index in [1.807, 2.05) is 12.3 Å². The van der Waals surface area contributed by atoms with Gasteiger partial charge in [-0.25, -0.2) is 17.7 Å². The molecule has 4 atom stereocenters. The Kier molecular flexibility index (Phi) is 5.22. The maximum absolute atomic E-state index is 13.1. The minimum absolute atomic E-state index is 0.0170. The van der Waals surface area contributed by atoms with Crippen LogP contribution in [-0.2, 0) is 26.2 Å². The number of sulfonamides is 1. The summed E-state index contributed by atoms with van der Waals surface area (Å²) >= 11 is 1.53. The van der Waals surface area contributed by atoms with Gasteiger partial charge in [0.25, 0.3) is 0 Å². The number of carbonyl (C=O) groups excluding carboxylic acids is 2. The normalized spacial score (nSPS) is 30.8. The number of hydrogen-bond donors (Lipinski definition) is 1. The number of thiazole rings is 1. The van der Waals surface area contributed by atoms with Crippen LogP contribution in [0.15, 0.2) is 5.38 Å². The standard InChI is InChI=1S/C18H26N4O4S2/c1-11-20-14(10-27-11)7-19-18(24)17-13-6-12(8-21(9-13)28(2,25)26)15-4-3-5-16(23)22(15)17/h10,12-13,15,17H,3-9H2,1-2H3,(H,19,24)/t12-,13+,15+,17-/m1/s1. The number of rotatable bonds is 4. The third-order valence-corrected chi connectivity index (χ3v) is 8.21. The van der Waals surface area contributed by atoms with E-state index in [4.69, 9.17) is 0 Å². The monoisotopic (exact) mass is 426 g/mol. The van der Waals surface area contributed by atoms with Gasteiger partial charge < -0.3 is 10.2 Å². The molecule has 3 aliphatic heterocycles. The number of fused-ring (bicyclic) bond motifs is 4. The lowest BCUT2D eigenvalue weighted by atomic mass is 9.72. The number of aryl methyl sites for hydroxylation is 1. The summed E-state index contributed by atoms with van der Waals surface area (Å²) in [5.41, 5.74) is 0.799. The van der Waals surface area contributed by atoms with Gasteiger partial charge in [0.15, 0.2) is 0 Å². The highest BCUT2D eigenvalue weighted by Crippen LogP contribution is 2.42. The van der Waals surface area contributed by atoms with E-state index >= 15 is 0 Å². The molecule has 4 rings (SSSR count). The Hall–Kier alpha value is -1.52. The number of hydrogen-bond acceptors (Lipinski definition) is 6. The molecule has 8 nitrogen and oxygen atoms in total. The molecule has 3 aliphatic rings. The highest BCUT2D eigenvalue weighted by Gasteiger charge is 2.52. The molecule has 1 aromatic rings. The highest BCUT2D eigenvalue weighted by atomic mass is 32.2. The number of aromatic nitrogens is 1. The summed E-state index contributed by atoms with van der Waals surface area (Å²) in [5.74, 6) is -0.264. The second-order valence-corrected chi connectivity index (χ2v) is 11.2. The molecule has 28 heavy (non-hydrogen) atoms. The lowest BCUT2D eigenvalue weighted by Gasteiger charge is -2.55. The molecule has 0 aliphatic carbocycles. The first-order valence-corrected chi connectivity index (χ1v) is 12.4. The van der Waals surface area contributed by atoms with Gasteiger partial charge in [-0.05, 0) is 32.1 Å². The molecule has 2 amide bonds. The van der Waals surface area contributed by atoms with Crippen LogP contribution < -0.4 is 5.32 Å². The van der Waals surface area contributed by atoms with Crippen LogP contribution in [0.2, 0.25) is 0 Å². The van der Waals surface area contributed by atoms with Crippen molar-refractivity contribution in [3.63, 3.8) is 0 Å². The molecule has 1 aromatic heterocycles. The smallest absolute Gasteiger partial charge is 0.243 e. The zero-order valence-electron chi connectivity index (χ0n) is 16.1. The lowest BCUT2D eigenvalue weighted by Crippen LogP contribution is -2.68. The topological polar surface area (TPSA) is 99.7 Å². The molecule has 3 saturated heterocycles. The summed E-state index contributed by atoms with van der Waals surface area (Å²) in [6.45, 7) is 2.96. The zero-order valence-corrected chi connectivity index (χ0v) is 17.8. The van der Waals surface area contributed by atoms with Crippen molar-refractivity contribution < 1.29 is 18.0 Å². The second-order valence-electron chi connectivity index (χ2n) is 8.12. The Morgan fingerprint density at radius 2 is 2.11 bits per heavy atom. The molecule has 0 unspecified atom stereocenters. The molecule has 0 radical (unpaired) electrons. The molecule has 4 heterocycles. The summed E-state index contributed by atoms with van der Waals surface area (Å²) in [6, 6.07) is -0.669. The molecule has 0 saturated carbocycles. The fourth-order valence-electron chi connectivity index (χ4n) is 4.99. The Morgan fingerprint density at radius 1 is 1.36 bits per heavy atom. The largest absolute Gasteiger partial charge is 0.349 e. The van der Waals surface area contributed by atoms with Crippen molar-refractivity contribution in [2.24, 2.45) is 11.8 Å². The molecule has 154 valence electrons. The first kappa shape index (κ1) is 19.8.